The van der Waals surface area contributed by atoms with Gasteiger partial charge in [0, 0.05) is 12.5 Å². The van der Waals surface area contributed by atoms with Gasteiger partial charge in [-0.1, -0.05) is 0 Å². The molecule has 0 bridgehead atoms. The molecule has 0 unspecified atom stereocenters. The molecular formula is C15H18F3NO3. The van der Waals surface area contributed by atoms with Gasteiger partial charge in [-0.3, -0.25) is 9.69 Å². The smallest absolute Gasteiger partial charge is 0.416 e. The van der Waals surface area contributed by atoms with E-state index in [2.05, 4.69) is 0 Å². The topological polar surface area (TPSA) is 49.8 Å². The lowest BCUT2D eigenvalue weighted by Gasteiger charge is -2.31. The minimum absolute atomic E-state index is 0.0107. The number of benzene rings is 1. The van der Waals surface area contributed by atoms with E-state index in [-0.39, 0.29) is 12.5 Å². The second kappa shape index (κ2) is 7.00. The van der Waals surface area contributed by atoms with Crippen molar-refractivity contribution in [1.29, 1.82) is 0 Å². The number of rotatable bonds is 5. The molecule has 4 nitrogen and oxygen atoms in total. The van der Waals surface area contributed by atoms with Crippen LogP contribution in [-0.2, 0) is 11.0 Å². The number of piperidine rings is 1. The summed E-state index contributed by atoms with van der Waals surface area (Å²) in [5.74, 6) is -0.275. The van der Waals surface area contributed by atoms with Crippen LogP contribution < -0.4 is 4.74 Å². The van der Waals surface area contributed by atoms with Crippen LogP contribution in [0.3, 0.4) is 0 Å². The maximum Gasteiger partial charge on any atom is 0.416 e. The van der Waals surface area contributed by atoms with Gasteiger partial charge in [0.25, 0.3) is 0 Å². The van der Waals surface area contributed by atoms with Crippen molar-refractivity contribution in [2.75, 3.05) is 26.2 Å². The second-order valence-electron chi connectivity index (χ2n) is 5.47. The normalized spacial score (nSPS) is 19.9. The summed E-state index contributed by atoms with van der Waals surface area (Å²) in [5.41, 5.74) is -0.704. The summed E-state index contributed by atoms with van der Waals surface area (Å²) < 4.78 is 42.9. The van der Waals surface area contributed by atoms with Crippen LogP contribution in [0, 0.1) is 5.92 Å². The number of carbonyl (C=O) groups is 1. The SMILES string of the molecule is O=C(O)CN1CCC[C@@H](COc2ccc(C(F)(F)F)cc2)C1. The Labute approximate surface area is 126 Å². The first kappa shape index (κ1) is 16.6. The number of nitrogens with zero attached hydrogens (tertiary/aromatic N) is 1. The van der Waals surface area contributed by atoms with Crippen LogP contribution in [0.4, 0.5) is 13.2 Å². The zero-order valence-electron chi connectivity index (χ0n) is 12.0. The third-order valence-electron chi connectivity index (χ3n) is 3.63. The Hall–Kier alpha value is -1.76. The van der Waals surface area contributed by atoms with Crippen LogP contribution in [0.25, 0.3) is 0 Å². The first-order valence-electron chi connectivity index (χ1n) is 7.09. The number of alkyl halides is 3. The van der Waals surface area contributed by atoms with Gasteiger partial charge in [-0.25, -0.2) is 0 Å². The van der Waals surface area contributed by atoms with Crippen LogP contribution in [0.15, 0.2) is 24.3 Å². The molecule has 2 rings (SSSR count). The number of hydrogen-bond donors (Lipinski definition) is 1. The van der Waals surface area contributed by atoms with Crippen molar-refractivity contribution in [3.05, 3.63) is 29.8 Å². The van der Waals surface area contributed by atoms with Gasteiger partial charge in [0.15, 0.2) is 0 Å². The van der Waals surface area contributed by atoms with Gasteiger partial charge in [-0.05, 0) is 43.7 Å². The van der Waals surface area contributed by atoms with E-state index >= 15 is 0 Å². The molecule has 0 spiro atoms. The summed E-state index contributed by atoms with van der Waals surface area (Å²) in [4.78, 5) is 12.6. The molecule has 1 aromatic carbocycles. The van der Waals surface area contributed by atoms with Crippen LogP contribution in [-0.4, -0.2) is 42.2 Å². The fourth-order valence-electron chi connectivity index (χ4n) is 2.58. The van der Waals surface area contributed by atoms with Crippen molar-refractivity contribution >= 4 is 5.97 Å². The van der Waals surface area contributed by atoms with Crippen molar-refractivity contribution in [3.63, 3.8) is 0 Å². The minimum Gasteiger partial charge on any atom is -0.493 e. The van der Waals surface area contributed by atoms with Gasteiger partial charge >= 0.3 is 12.1 Å². The quantitative estimate of drug-likeness (QED) is 0.907. The molecule has 1 N–H and O–H groups in total. The highest BCUT2D eigenvalue weighted by atomic mass is 19.4. The lowest BCUT2D eigenvalue weighted by Crippen LogP contribution is -2.40. The number of ether oxygens (including phenoxy) is 1. The minimum atomic E-state index is -4.35. The Morgan fingerprint density at radius 1 is 1.32 bits per heavy atom. The highest BCUT2D eigenvalue weighted by Gasteiger charge is 2.30. The molecule has 122 valence electrons. The molecule has 7 heteroatoms. The predicted octanol–water partition coefficient (Wildman–Crippen LogP) is 2.88. The molecule has 22 heavy (non-hydrogen) atoms. The number of carboxylic acids is 1. The lowest BCUT2D eigenvalue weighted by atomic mass is 9.99. The lowest BCUT2D eigenvalue weighted by molar-refractivity contribution is -0.139. The molecular weight excluding hydrogens is 299 g/mol. The number of aliphatic carboxylic acids is 1. The van der Waals surface area contributed by atoms with E-state index < -0.39 is 17.7 Å². The van der Waals surface area contributed by atoms with Gasteiger partial charge in [0.2, 0.25) is 0 Å². The Kier molecular flexibility index (Phi) is 5.28. The molecule has 1 heterocycles. The maximum absolute atomic E-state index is 12.4. The molecule has 1 saturated heterocycles. The van der Waals surface area contributed by atoms with Crippen LogP contribution in [0.2, 0.25) is 0 Å². The van der Waals surface area contributed by atoms with Crippen molar-refractivity contribution in [3.8, 4) is 5.75 Å². The Bertz CT molecular complexity index is 502. The van der Waals surface area contributed by atoms with Crippen molar-refractivity contribution < 1.29 is 27.8 Å². The zero-order valence-corrected chi connectivity index (χ0v) is 12.0. The fourth-order valence-corrected chi connectivity index (χ4v) is 2.58. The van der Waals surface area contributed by atoms with Gasteiger partial charge in [-0.2, -0.15) is 13.2 Å². The average molecular weight is 317 g/mol. The van der Waals surface area contributed by atoms with Crippen molar-refractivity contribution in [2.45, 2.75) is 19.0 Å². The van der Waals surface area contributed by atoms with E-state index in [0.717, 1.165) is 31.5 Å². The highest BCUT2D eigenvalue weighted by Crippen LogP contribution is 2.30. The first-order chi connectivity index (χ1) is 10.3. The van der Waals surface area contributed by atoms with E-state index in [1.165, 1.54) is 12.1 Å². The summed E-state index contributed by atoms with van der Waals surface area (Å²) in [6.07, 6.45) is -2.52. The van der Waals surface area contributed by atoms with Gasteiger partial charge < -0.3 is 9.84 Å². The largest absolute Gasteiger partial charge is 0.493 e. The molecule has 0 amide bonds. The molecule has 1 aliphatic rings. The van der Waals surface area contributed by atoms with Crippen LogP contribution >= 0.6 is 0 Å². The summed E-state index contributed by atoms with van der Waals surface area (Å²) in [5, 5.41) is 8.79. The first-order valence-corrected chi connectivity index (χ1v) is 7.09. The molecule has 1 atom stereocenters. The van der Waals surface area contributed by atoms with Crippen molar-refractivity contribution in [1.82, 2.24) is 4.90 Å². The summed E-state index contributed by atoms with van der Waals surface area (Å²) in [6.45, 7) is 1.77. The molecule has 1 fully saturated rings. The Morgan fingerprint density at radius 2 is 2.00 bits per heavy atom. The number of carboxylic acid groups (broad SMARTS) is 1. The molecule has 0 saturated carbocycles. The Morgan fingerprint density at radius 3 is 2.59 bits per heavy atom. The number of likely N-dealkylation sites (tertiary alicyclic amines) is 1. The Balaban J connectivity index is 1.83. The summed E-state index contributed by atoms with van der Waals surface area (Å²) >= 11 is 0. The molecule has 0 aliphatic carbocycles. The number of hydrogen-bond acceptors (Lipinski definition) is 3. The number of halogens is 3. The highest BCUT2D eigenvalue weighted by molar-refractivity contribution is 5.69. The van der Waals surface area contributed by atoms with Gasteiger partial charge in [0.05, 0.1) is 18.7 Å². The van der Waals surface area contributed by atoms with Crippen LogP contribution in [0.5, 0.6) is 5.75 Å². The molecule has 1 aliphatic heterocycles. The van der Waals surface area contributed by atoms with Gasteiger partial charge in [-0.15, -0.1) is 0 Å². The molecule has 0 aromatic heterocycles. The molecule has 0 radical (unpaired) electrons. The molecule has 1 aromatic rings. The third-order valence-corrected chi connectivity index (χ3v) is 3.63. The standard InChI is InChI=1S/C15H18F3NO3/c16-15(17,18)12-3-5-13(6-4-12)22-10-11-2-1-7-19(8-11)9-14(20)21/h3-6,11H,1-2,7-10H2,(H,20,21)/t11-/m1/s1. The fraction of sp³-hybridized carbons (Fsp3) is 0.533. The van der Waals surface area contributed by atoms with Crippen LogP contribution in [0.1, 0.15) is 18.4 Å². The average Bonchev–Trinajstić information content (AvgIpc) is 2.44. The van der Waals surface area contributed by atoms with Crippen molar-refractivity contribution in [2.24, 2.45) is 5.92 Å². The van der Waals surface area contributed by atoms with E-state index in [9.17, 15) is 18.0 Å². The van der Waals surface area contributed by atoms with Gasteiger partial charge in [0.1, 0.15) is 5.75 Å². The second-order valence-corrected chi connectivity index (χ2v) is 5.47. The van der Waals surface area contributed by atoms with E-state index in [4.69, 9.17) is 9.84 Å². The van der Waals surface area contributed by atoms with E-state index in [0.29, 0.717) is 18.9 Å². The third kappa shape index (κ3) is 4.91. The maximum atomic E-state index is 12.4. The summed E-state index contributed by atoms with van der Waals surface area (Å²) in [7, 11) is 0. The monoisotopic (exact) mass is 317 g/mol. The predicted molar refractivity (Wildman–Crippen MR) is 73.7 cm³/mol. The van der Waals surface area contributed by atoms with E-state index in [1.807, 2.05) is 4.90 Å². The van der Waals surface area contributed by atoms with E-state index in [1.54, 1.807) is 0 Å². The summed E-state index contributed by atoms with van der Waals surface area (Å²) in [6, 6.07) is 4.60. The zero-order chi connectivity index (χ0) is 16.2.